The molecule has 1 aromatic carbocycles. The Morgan fingerprint density at radius 3 is 2.58 bits per heavy atom. The van der Waals surface area contributed by atoms with Crippen molar-refractivity contribution in [2.24, 2.45) is 0 Å². The maximum atomic E-state index is 13.0. The molecule has 1 N–H and O–H groups in total. The molecule has 3 aromatic heterocycles. The van der Waals surface area contributed by atoms with E-state index in [0.717, 1.165) is 33.7 Å². The second-order valence-corrected chi connectivity index (χ2v) is 8.45. The molecule has 0 bridgehead atoms. The smallest absolute Gasteiger partial charge is 0.257 e. The van der Waals surface area contributed by atoms with Gasteiger partial charge in [-0.2, -0.15) is 0 Å². The molecule has 5 nitrogen and oxygen atoms in total. The van der Waals surface area contributed by atoms with Gasteiger partial charge in [0.2, 0.25) is 0 Å². The lowest BCUT2D eigenvalue weighted by Gasteiger charge is -2.12. The average Bonchev–Trinajstić information content (AvgIpc) is 3.45. The van der Waals surface area contributed by atoms with Crippen LogP contribution in [0.1, 0.15) is 59.0 Å². The highest BCUT2D eigenvalue weighted by Gasteiger charge is 2.22. The number of anilines is 1. The number of amides is 1. The first kappa shape index (κ1) is 19.5. The predicted octanol–water partition coefficient (Wildman–Crippen LogP) is 5.92. The summed E-state index contributed by atoms with van der Waals surface area (Å²) >= 11 is 0. The second kappa shape index (κ2) is 7.99. The Labute approximate surface area is 182 Å². The lowest BCUT2D eigenvalue weighted by Crippen LogP contribution is -2.14. The molecular formula is C26H26N4O. The molecule has 5 heteroatoms. The summed E-state index contributed by atoms with van der Waals surface area (Å²) in [6.45, 7) is 3.89. The molecule has 4 aromatic rings. The van der Waals surface area contributed by atoms with E-state index in [0.29, 0.717) is 17.2 Å². The first-order valence-corrected chi connectivity index (χ1v) is 10.9. The van der Waals surface area contributed by atoms with E-state index in [1.807, 2.05) is 62.6 Å². The molecule has 0 radical (unpaired) electrons. The van der Waals surface area contributed by atoms with Crippen LogP contribution in [0, 0.1) is 13.8 Å². The number of aromatic nitrogens is 3. The van der Waals surface area contributed by atoms with Gasteiger partial charge in [0.1, 0.15) is 5.82 Å². The van der Waals surface area contributed by atoms with Crippen molar-refractivity contribution < 1.29 is 4.79 Å². The van der Waals surface area contributed by atoms with E-state index in [1.165, 1.54) is 25.7 Å². The number of benzene rings is 1. The number of nitrogens with zero attached hydrogens (tertiary/aromatic N) is 3. The first-order valence-electron chi connectivity index (χ1n) is 10.9. The lowest BCUT2D eigenvalue weighted by atomic mass is 10.0. The third-order valence-corrected chi connectivity index (χ3v) is 6.27. The van der Waals surface area contributed by atoms with E-state index in [4.69, 9.17) is 4.98 Å². The van der Waals surface area contributed by atoms with Crippen molar-refractivity contribution in [3.05, 3.63) is 83.7 Å². The SMILES string of the molecule is Cc1ccc(NC(=O)c2cc(-c3cccn4c(C5CCCC5)ncc34)cnc2C)cc1. The Bertz CT molecular complexity index is 1250. The Balaban J connectivity index is 1.50. The summed E-state index contributed by atoms with van der Waals surface area (Å²) in [5.41, 5.74) is 6.23. The van der Waals surface area contributed by atoms with Crippen molar-refractivity contribution in [1.29, 1.82) is 0 Å². The van der Waals surface area contributed by atoms with E-state index in [2.05, 4.69) is 27.0 Å². The maximum absolute atomic E-state index is 13.0. The fraction of sp³-hybridized carbons (Fsp3) is 0.269. The van der Waals surface area contributed by atoms with Crippen molar-refractivity contribution in [2.45, 2.75) is 45.4 Å². The molecule has 0 spiro atoms. The van der Waals surface area contributed by atoms with Gasteiger partial charge in [0.15, 0.2) is 0 Å². The van der Waals surface area contributed by atoms with Crippen LogP contribution in [0.25, 0.3) is 16.6 Å². The molecule has 1 saturated carbocycles. The van der Waals surface area contributed by atoms with Crippen LogP contribution in [0.4, 0.5) is 5.69 Å². The van der Waals surface area contributed by atoms with Crippen molar-refractivity contribution in [2.75, 3.05) is 5.32 Å². The molecular weight excluding hydrogens is 384 g/mol. The van der Waals surface area contributed by atoms with Crippen molar-refractivity contribution >= 4 is 17.1 Å². The fourth-order valence-electron chi connectivity index (χ4n) is 4.52. The normalized spacial score (nSPS) is 14.3. The summed E-state index contributed by atoms with van der Waals surface area (Å²) in [7, 11) is 0. The van der Waals surface area contributed by atoms with Gasteiger partial charge in [0.25, 0.3) is 5.91 Å². The van der Waals surface area contributed by atoms with Gasteiger partial charge in [-0.1, -0.05) is 36.6 Å². The molecule has 3 heterocycles. The molecule has 1 aliphatic rings. The highest BCUT2D eigenvalue weighted by Crippen LogP contribution is 2.35. The quantitative estimate of drug-likeness (QED) is 0.454. The Hall–Kier alpha value is -3.47. The van der Waals surface area contributed by atoms with Gasteiger partial charge in [-0.25, -0.2) is 4.98 Å². The number of nitrogens with one attached hydrogen (secondary N) is 1. The van der Waals surface area contributed by atoms with Crippen LogP contribution in [0.15, 0.2) is 61.1 Å². The summed E-state index contributed by atoms with van der Waals surface area (Å²) in [5.74, 6) is 1.53. The number of imidazole rings is 1. The maximum Gasteiger partial charge on any atom is 0.257 e. The molecule has 1 aliphatic carbocycles. The summed E-state index contributed by atoms with van der Waals surface area (Å²) in [6.07, 6.45) is 10.9. The first-order chi connectivity index (χ1) is 15.1. The molecule has 1 fully saturated rings. The Morgan fingerprint density at radius 2 is 1.81 bits per heavy atom. The second-order valence-electron chi connectivity index (χ2n) is 8.45. The third kappa shape index (κ3) is 3.72. The highest BCUT2D eigenvalue weighted by atomic mass is 16.1. The monoisotopic (exact) mass is 410 g/mol. The number of fused-ring (bicyclic) bond motifs is 1. The number of aryl methyl sites for hydroxylation is 2. The lowest BCUT2D eigenvalue weighted by molar-refractivity contribution is 0.102. The van der Waals surface area contributed by atoms with Crippen LogP contribution in [0.3, 0.4) is 0 Å². The van der Waals surface area contributed by atoms with Crippen molar-refractivity contribution in [3.8, 4) is 11.1 Å². The summed E-state index contributed by atoms with van der Waals surface area (Å²) < 4.78 is 2.21. The summed E-state index contributed by atoms with van der Waals surface area (Å²) in [6, 6.07) is 13.9. The topological polar surface area (TPSA) is 59.3 Å². The van der Waals surface area contributed by atoms with Crippen LogP contribution in [-0.2, 0) is 0 Å². The average molecular weight is 411 g/mol. The van der Waals surface area contributed by atoms with Gasteiger partial charge >= 0.3 is 0 Å². The zero-order valence-corrected chi connectivity index (χ0v) is 17.9. The van der Waals surface area contributed by atoms with Gasteiger partial charge in [-0.15, -0.1) is 0 Å². The third-order valence-electron chi connectivity index (χ3n) is 6.27. The minimum atomic E-state index is -0.150. The van der Waals surface area contributed by atoms with Crippen molar-refractivity contribution in [3.63, 3.8) is 0 Å². The molecule has 0 atom stereocenters. The van der Waals surface area contributed by atoms with E-state index in [1.54, 1.807) is 0 Å². The van der Waals surface area contributed by atoms with Crippen LogP contribution < -0.4 is 5.32 Å². The minimum absolute atomic E-state index is 0.150. The fourth-order valence-corrected chi connectivity index (χ4v) is 4.52. The molecule has 156 valence electrons. The Kier molecular flexibility index (Phi) is 5.02. The van der Waals surface area contributed by atoms with Gasteiger partial charge in [0.05, 0.1) is 23.0 Å². The number of hydrogen-bond donors (Lipinski definition) is 1. The van der Waals surface area contributed by atoms with Crippen LogP contribution in [0.2, 0.25) is 0 Å². The standard InChI is InChI=1S/C26H26N4O/c1-17-9-11-21(12-10-17)29-26(31)23-14-20(15-27-18(23)2)22-8-5-13-30-24(22)16-28-25(30)19-6-3-4-7-19/h5,8-16,19H,3-4,6-7H2,1-2H3,(H,29,31). The largest absolute Gasteiger partial charge is 0.322 e. The predicted molar refractivity (Wildman–Crippen MR) is 124 cm³/mol. The summed E-state index contributed by atoms with van der Waals surface area (Å²) in [5, 5.41) is 2.99. The number of carbonyl (C=O) groups is 1. The molecule has 0 unspecified atom stereocenters. The molecule has 0 saturated heterocycles. The molecule has 0 aliphatic heterocycles. The van der Waals surface area contributed by atoms with Crippen molar-refractivity contribution in [1.82, 2.24) is 14.4 Å². The summed E-state index contributed by atoms with van der Waals surface area (Å²) in [4.78, 5) is 22.3. The molecule has 1 amide bonds. The van der Waals surface area contributed by atoms with E-state index >= 15 is 0 Å². The van der Waals surface area contributed by atoms with Gasteiger partial charge in [-0.3, -0.25) is 9.78 Å². The van der Waals surface area contributed by atoms with E-state index < -0.39 is 0 Å². The van der Waals surface area contributed by atoms with Crippen LogP contribution in [0.5, 0.6) is 0 Å². The van der Waals surface area contributed by atoms with Crippen LogP contribution >= 0.6 is 0 Å². The molecule has 5 rings (SSSR count). The highest BCUT2D eigenvalue weighted by molar-refractivity contribution is 6.05. The minimum Gasteiger partial charge on any atom is -0.322 e. The Morgan fingerprint density at radius 1 is 1.03 bits per heavy atom. The number of rotatable bonds is 4. The number of pyridine rings is 2. The van der Waals surface area contributed by atoms with Gasteiger partial charge in [-0.05, 0) is 51.0 Å². The van der Waals surface area contributed by atoms with Crippen LogP contribution in [-0.4, -0.2) is 20.3 Å². The zero-order chi connectivity index (χ0) is 21.4. The van der Waals surface area contributed by atoms with E-state index in [-0.39, 0.29) is 5.91 Å². The van der Waals surface area contributed by atoms with Gasteiger partial charge < -0.3 is 9.72 Å². The zero-order valence-electron chi connectivity index (χ0n) is 17.9. The number of hydrogen-bond acceptors (Lipinski definition) is 3. The molecule has 31 heavy (non-hydrogen) atoms. The number of carbonyl (C=O) groups excluding carboxylic acids is 1. The van der Waals surface area contributed by atoms with E-state index in [9.17, 15) is 4.79 Å². The van der Waals surface area contributed by atoms with Gasteiger partial charge in [0, 0.05) is 35.1 Å².